The Labute approximate surface area is 127 Å². The summed E-state index contributed by atoms with van der Waals surface area (Å²) in [5.41, 5.74) is 3.69. The average Bonchev–Trinajstić information content (AvgIpc) is 3.05. The molecule has 0 aliphatic rings. The quantitative estimate of drug-likeness (QED) is 0.563. The van der Waals surface area contributed by atoms with Crippen molar-refractivity contribution >= 4 is 11.0 Å². The van der Waals surface area contributed by atoms with Gasteiger partial charge in [0.05, 0.1) is 11.7 Å². The second-order valence-corrected chi connectivity index (χ2v) is 4.59. The summed E-state index contributed by atoms with van der Waals surface area (Å²) >= 11 is 0. The van der Waals surface area contributed by atoms with Crippen molar-refractivity contribution in [2.24, 2.45) is 0 Å². The number of hydrogen-bond donors (Lipinski definition) is 2. The topological polar surface area (TPSA) is 74.7 Å². The molecule has 2 aromatic carbocycles. The minimum atomic E-state index is 0.328. The van der Waals surface area contributed by atoms with Gasteiger partial charge in [0, 0.05) is 11.8 Å². The highest BCUT2D eigenvalue weighted by Gasteiger charge is 2.00. The summed E-state index contributed by atoms with van der Waals surface area (Å²) in [6.07, 6.45) is 3.45. The predicted octanol–water partition coefficient (Wildman–Crippen LogP) is 3.41. The van der Waals surface area contributed by atoms with Gasteiger partial charge in [-0.2, -0.15) is 0 Å². The molecule has 0 atom stereocenters. The number of nitrogens with zero attached hydrogens (tertiary/aromatic N) is 3. The SMILES string of the molecule is Oc1ccccc1-c1ccccc1.c1cc2nnncc2[nH]1. The van der Waals surface area contributed by atoms with E-state index >= 15 is 0 Å². The molecule has 0 aliphatic heterocycles. The van der Waals surface area contributed by atoms with Gasteiger partial charge in [-0.1, -0.05) is 48.5 Å². The van der Waals surface area contributed by atoms with E-state index in [4.69, 9.17) is 0 Å². The van der Waals surface area contributed by atoms with Crippen LogP contribution in [-0.4, -0.2) is 25.5 Å². The van der Waals surface area contributed by atoms with Gasteiger partial charge in [-0.25, -0.2) is 0 Å². The Bertz CT molecular complexity index is 828. The molecule has 5 heteroatoms. The summed E-state index contributed by atoms with van der Waals surface area (Å²) in [5, 5.41) is 20.4. The molecule has 0 unspecified atom stereocenters. The molecule has 0 fully saturated rings. The Hall–Kier alpha value is -3.21. The largest absolute Gasteiger partial charge is 0.507 e. The first kappa shape index (κ1) is 13.8. The minimum absolute atomic E-state index is 0.328. The minimum Gasteiger partial charge on any atom is -0.507 e. The van der Waals surface area contributed by atoms with Crippen molar-refractivity contribution in [2.45, 2.75) is 0 Å². The summed E-state index contributed by atoms with van der Waals surface area (Å²) in [4.78, 5) is 2.95. The van der Waals surface area contributed by atoms with Crippen LogP contribution in [0.4, 0.5) is 0 Å². The molecular formula is C17H14N4O. The van der Waals surface area contributed by atoms with Crippen LogP contribution in [0.5, 0.6) is 5.75 Å². The normalized spacial score (nSPS) is 10.0. The highest BCUT2D eigenvalue weighted by molar-refractivity contribution is 5.72. The van der Waals surface area contributed by atoms with Crippen LogP contribution in [0.1, 0.15) is 0 Å². The van der Waals surface area contributed by atoms with Crippen molar-refractivity contribution in [2.75, 3.05) is 0 Å². The standard InChI is InChI=1S/C12H10O.C5H4N4/c13-12-9-5-4-8-11(12)10-6-2-1-3-7-10;1-2-6-5-3-7-9-8-4(1)5/h1-9,13H;1-3,6H. The van der Waals surface area contributed by atoms with Crippen LogP contribution in [-0.2, 0) is 0 Å². The van der Waals surface area contributed by atoms with Gasteiger partial charge < -0.3 is 10.1 Å². The molecule has 0 radical (unpaired) electrons. The smallest absolute Gasteiger partial charge is 0.123 e. The second-order valence-electron chi connectivity index (χ2n) is 4.59. The molecule has 22 heavy (non-hydrogen) atoms. The lowest BCUT2D eigenvalue weighted by Crippen LogP contribution is -1.83. The molecule has 0 amide bonds. The maximum Gasteiger partial charge on any atom is 0.123 e. The molecule has 4 aromatic rings. The number of aromatic hydroxyl groups is 1. The monoisotopic (exact) mass is 290 g/mol. The van der Waals surface area contributed by atoms with Crippen molar-refractivity contribution in [3.05, 3.63) is 73.1 Å². The Morgan fingerprint density at radius 1 is 0.864 bits per heavy atom. The van der Waals surface area contributed by atoms with Gasteiger partial charge >= 0.3 is 0 Å². The first-order valence-electron chi connectivity index (χ1n) is 6.79. The van der Waals surface area contributed by atoms with Gasteiger partial charge in [-0.3, -0.25) is 0 Å². The van der Waals surface area contributed by atoms with Crippen molar-refractivity contribution in [1.82, 2.24) is 20.4 Å². The number of fused-ring (bicyclic) bond motifs is 1. The second kappa shape index (κ2) is 6.49. The van der Waals surface area contributed by atoms with Crippen molar-refractivity contribution in [1.29, 1.82) is 0 Å². The van der Waals surface area contributed by atoms with E-state index in [1.165, 1.54) is 0 Å². The van der Waals surface area contributed by atoms with Gasteiger partial charge in [0.15, 0.2) is 0 Å². The van der Waals surface area contributed by atoms with Crippen LogP contribution in [0.3, 0.4) is 0 Å². The number of nitrogens with one attached hydrogen (secondary N) is 1. The summed E-state index contributed by atoms with van der Waals surface area (Å²) in [6.45, 7) is 0. The van der Waals surface area contributed by atoms with Crippen molar-refractivity contribution < 1.29 is 5.11 Å². The van der Waals surface area contributed by atoms with Gasteiger partial charge in [0.2, 0.25) is 0 Å². The number of H-pyrrole nitrogens is 1. The number of aromatic amines is 1. The van der Waals surface area contributed by atoms with E-state index < -0.39 is 0 Å². The molecular weight excluding hydrogens is 276 g/mol. The fraction of sp³-hybridized carbons (Fsp3) is 0. The number of para-hydroxylation sites is 1. The molecule has 0 aliphatic carbocycles. The van der Waals surface area contributed by atoms with Gasteiger partial charge in [-0.15, -0.1) is 10.2 Å². The average molecular weight is 290 g/mol. The number of phenols is 1. The lowest BCUT2D eigenvalue weighted by Gasteiger charge is -2.02. The maximum atomic E-state index is 9.56. The molecule has 2 aromatic heterocycles. The summed E-state index contributed by atoms with van der Waals surface area (Å²) in [6, 6.07) is 19.0. The first-order valence-corrected chi connectivity index (χ1v) is 6.79. The predicted molar refractivity (Wildman–Crippen MR) is 85.2 cm³/mol. The van der Waals surface area contributed by atoms with E-state index in [1.807, 2.05) is 54.6 Å². The number of benzene rings is 2. The van der Waals surface area contributed by atoms with Gasteiger partial charge in [0.1, 0.15) is 11.3 Å². The highest BCUT2D eigenvalue weighted by Crippen LogP contribution is 2.27. The highest BCUT2D eigenvalue weighted by atomic mass is 16.3. The molecule has 0 saturated carbocycles. The lowest BCUT2D eigenvalue weighted by atomic mass is 10.1. The number of aromatic nitrogens is 4. The first-order chi connectivity index (χ1) is 10.8. The number of hydrogen-bond acceptors (Lipinski definition) is 4. The summed E-state index contributed by atoms with van der Waals surface area (Å²) < 4.78 is 0. The molecule has 0 bridgehead atoms. The molecule has 0 spiro atoms. The van der Waals surface area contributed by atoms with E-state index in [9.17, 15) is 5.11 Å². The Kier molecular flexibility index (Phi) is 4.06. The maximum absolute atomic E-state index is 9.56. The van der Waals surface area contributed by atoms with Crippen LogP contribution in [0.25, 0.3) is 22.2 Å². The third kappa shape index (κ3) is 3.09. The zero-order valence-electron chi connectivity index (χ0n) is 11.7. The van der Waals surface area contributed by atoms with E-state index in [0.717, 1.165) is 22.2 Å². The van der Waals surface area contributed by atoms with Crippen LogP contribution >= 0.6 is 0 Å². The fourth-order valence-electron chi connectivity index (χ4n) is 2.06. The number of phenolic OH excluding ortho intramolecular Hbond substituents is 1. The Morgan fingerprint density at radius 3 is 2.41 bits per heavy atom. The van der Waals surface area contributed by atoms with Crippen LogP contribution in [0.2, 0.25) is 0 Å². The van der Waals surface area contributed by atoms with E-state index in [1.54, 1.807) is 18.5 Å². The lowest BCUT2D eigenvalue weighted by molar-refractivity contribution is 0.477. The van der Waals surface area contributed by atoms with Gasteiger partial charge in [-0.05, 0) is 22.9 Å². The number of rotatable bonds is 1. The molecule has 2 N–H and O–H groups in total. The zero-order chi connectivity index (χ0) is 15.2. The summed E-state index contributed by atoms with van der Waals surface area (Å²) in [7, 11) is 0. The van der Waals surface area contributed by atoms with E-state index in [2.05, 4.69) is 20.4 Å². The Morgan fingerprint density at radius 2 is 1.64 bits per heavy atom. The third-order valence-corrected chi connectivity index (χ3v) is 3.14. The Balaban J connectivity index is 0.000000139. The van der Waals surface area contributed by atoms with Crippen molar-refractivity contribution in [3.63, 3.8) is 0 Å². The molecule has 5 nitrogen and oxygen atoms in total. The van der Waals surface area contributed by atoms with Crippen LogP contribution in [0.15, 0.2) is 73.1 Å². The molecule has 108 valence electrons. The van der Waals surface area contributed by atoms with Crippen LogP contribution in [0, 0.1) is 0 Å². The van der Waals surface area contributed by atoms with Crippen molar-refractivity contribution in [3.8, 4) is 16.9 Å². The molecule has 4 rings (SSSR count). The third-order valence-electron chi connectivity index (χ3n) is 3.14. The zero-order valence-corrected chi connectivity index (χ0v) is 11.7. The molecule has 2 heterocycles. The van der Waals surface area contributed by atoms with E-state index in [-0.39, 0.29) is 0 Å². The van der Waals surface area contributed by atoms with Gasteiger partial charge in [0.25, 0.3) is 0 Å². The fourth-order valence-corrected chi connectivity index (χ4v) is 2.06. The van der Waals surface area contributed by atoms with Crippen LogP contribution < -0.4 is 0 Å². The summed E-state index contributed by atoms with van der Waals surface area (Å²) in [5.74, 6) is 0.328. The van der Waals surface area contributed by atoms with E-state index in [0.29, 0.717) is 5.75 Å². The molecule has 0 saturated heterocycles.